The van der Waals surface area contributed by atoms with Crippen LogP contribution in [-0.4, -0.2) is 20.6 Å². The Morgan fingerprint density at radius 1 is 1.26 bits per heavy atom. The standard InChI is InChI=1S/C14H21ClN4/c1-3-5-7-12(6-4-2)16-14-17-13-9-8-11(15)10-19(13)18-14/h8-10,12H,3-7H2,1-2H3,(H,16,18). The third-order valence-electron chi connectivity index (χ3n) is 3.17. The number of aromatic nitrogens is 3. The van der Waals surface area contributed by atoms with Crippen molar-refractivity contribution in [3.63, 3.8) is 0 Å². The lowest BCUT2D eigenvalue weighted by Gasteiger charge is -2.16. The molecule has 1 N–H and O–H groups in total. The van der Waals surface area contributed by atoms with Crippen LogP contribution in [0, 0.1) is 0 Å². The molecule has 0 saturated heterocycles. The fourth-order valence-corrected chi connectivity index (χ4v) is 2.34. The topological polar surface area (TPSA) is 42.2 Å². The third-order valence-corrected chi connectivity index (χ3v) is 3.39. The highest BCUT2D eigenvalue weighted by molar-refractivity contribution is 6.30. The van der Waals surface area contributed by atoms with Crippen LogP contribution in [0.25, 0.3) is 5.65 Å². The van der Waals surface area contributed by atoms with Gasteiger partial charge in [-0.25, -0.2) is 4.52 Å². The predicted molar refractivity (Wildman–Crippen MR) is 79.8 cm³/mol. The highest BCUT2D eigenvalue weighted by Gasteiger charge is 2.10. The van der Waals surface area contributed by atoms with Crippen LogP contribution in [-0.2, 0) is 0 Å². The quantitative estimate of drug-likeness (QED) is 0.828. The van der Waals surface area contributed by atoms with Gasteiger partial charge < -0.3 is 5.32 Å². The normalized spacial score (nSPS) is 12.8. The summed E-state index contributed by atoms with van der Waals surface area (Å²) in [4.78, 5) is 4.47. The Balaban J connectivity index is 2.09. The molecule has 0 aliphatic rings. The van der Waals surface area contributed by atoms with Crippen molar-refractivity contribution in [1.82, 2.24) is 14.6 Å². The summed E-state index contributed by atoms with van der Waals surface area (Å²) < 4.78 is 1.72. The van der Waals surface area contributed by atoms with Crippen LogP contribution in [0.15, 0.2) is 18.3 Å². The molecule has 2 aromatic heterocycles. The summed E-state index contributed by atoms with van der Waals surface area (Å²) >= 11 is 5.94. The van der Waals surface area contributed by atoms with Gasteiger partial charge >= 0.3 is 0 Å². The largest absolute Gasteiger partial charge is 0.350 e. The monoisotopic (exact) mass is 280 g/mol. The molecule has 0 aliphatic heterocycles. The van der Waals surface area contributed by atoms with Crippen molar-refractivity contribution in [3.05, 3.63) is 23.4 Å². The molecule has 104 valence electrons. The smallest absolute Gasteiger partial charge is 0.243 e. The van der Waals surface area contributed by atoms with Gasteiger partial charge in [0.2, 0.25) is 5.95 Å². The summed E-state index contributed by atoms with van der Waals surface area (Å²) in [5.74, 6) is 0.691. The minimum atomic E-state index is 0.456. The van der Waals surface area contributed by atoms with E-state index in [1.165, 1.54) is 25.7 Å². The van der Waals surface area contributed by atoms with Gasteiger partial charge in [-0.2, -0.15) is 4.98 Å². The van der Waals surface area contributed by atoms with Gasteiger partial charge in [0.15, 0.2) is 5.65 Å². The van der Waals surface area contributed by atoms with E-state index < -0.39 is 0 Å². The predicted octanol–water partition coefficient (Wildman–Crippen LogP) is 4.15. The zero-order valence-electron chi connectivity index (χ0n) is 11.6. The first-order valence-electron chi connectivity index (χ1n) is 7.01. The van der Waals surface area contributed by atoms with Crippen molar-refractivity contribution < 1.29 is 0 Å². The Morgan fingerprint density at radius 3 is 2.84 bits per heavy atom. The van der Waals surface area contributed by atoms with Crippen molar-refractivity contribution in [1.29, 1.82) is 0 Å². The third kappa shape index (κ3) is 3.83. The molecule has 0 fully saturated rings. The van der Waals surface area contributed by atoms with E-state index >= 15 is 0 Å². The van der Waals surface area contributed by atoms with Gasteiger partial charge in [0.05, 0.1) is 5.02 Å². The number of unbranched alkanes of at least 4 members (excludes halogenated alkanes) is 1. The van der Waals surface area contributed by atoms with Crippen molar-refractivity contribution >= 4 is 23.2 Å². The average Bonchev–Trinajstić information content (AvgIpc) is 2.77. The van der Waals surface area contributed by atoms with E-state index in [1.54, 1.807) is 10.7 Å². The Hall–Kier alpha value is -1.29. The van der Waals surface area contributed by atoms with Crippen molar-refractivity contribution in [2.45, 2.75) is 52.0 Å². The average molecular weight is 281 g/mol. The number of rotatable bonds is 7. The van der Waals surface area contributed by atoms with Gasteiger partial charge in [-0.3, -0.25) is 0 Å². The fourth-order valence-electron chi connectivity index (χ4n) is 2.19. The van der Waals surface area contributed by atoms with Gasteiger partial charge in [0.25, 0.3) is 0 Å². The van der Waals surface area contributed by atoms with Crippen LogP contribution in [0.2, 0.25) is 5.02 Å². The van der Waals surface area contributed by atoms with E-state index in [1.807, 2.05) is 12.1 Å². The van der Waals surface area contributed by atoms with Crippen LogP contribution in [0.1, 0.15) is 46.0 Å². The van der Waals surface area contributed by atoms with E-state index in [0.717, 1.165) is 12.1 Å². The number of anilines is 1. The minimum absolute atomic E-state index is 0.456. The maximum absolute atomic E-state index is 5.94. The highest BCUT2D eigenvalue weighted by Crippen LogP contribution is 2.15. The number of halogens is 1. The number of nitrogens with zero attached hydrogens (tertiary/aromatic N) is 3. The summed E-state index contributed by atoms with van der Waals surface area (Å²) in [6.07, 6.45) is 7.71. The summed E-state index contributed by atoms with van der Waals surface area (Å²) in [5, 5.41) is 8.52. The number of nitrogens with one attached hydrogen (secondary N) is 1. The Kier molecular flexibility index (Phi) is 5.02. The van der Waals surface area contributed by atoms with Crippen LogP contribution >= 0.6 is 11.6 Å². The van der Waals surface area contributed by atoms with Crippen molar-refractivity contribution in [2.24, 2.45) is 0 Å². The summed E-state index contributed by atoms with van der Waals surface area (Å²) in [6, 6.07) is 4.16. The van der Waals surface area contributed by atoms with Crippen molar-refractivity contribution in [3.8, 4) is 0 Å². The van der Waals surface area contributed by atoms with Gasteiger partial charge in [0, 0.05) is 12.2 Å². The van der Waals surface area contributed by atoms with Crippen LogP contribution < -0.4 is 5.32 Å². The molecular formula is C14H21ClN4. The number of fused-ring (bicyclic) bond motifs is 1. The zero-order chi connectivity index (χ0) is 13.7. The number of hydrogen-bond acceptors (Lipinski definition) is 3. The van der Waals surface area contributed by atoms with E-state index in [2.05, 4.69) is 29.2 Å². The molecule has 5 heteroatoms. The molecule has 0 amide bonds. The second kappa shape index (κ2) is 6.75. The van der Waals surface area contributed by atoms with E-state index in [0.29, 0.717) is 17.0 Å². The number of pyridine rings is 1. The van der Waals surface area contributed by atoms with Crippen molar-refractivity contribution in [2.75, 3.05) is 5.32 Å². The summed E-state index contributed by atoms with van der Waals surface area (Å²) in [7, 11) is 0. The van der Waals surface area contributed by atoms with Gasteiger partial charge in [-0.05, 0) is 25.0 Å². The zero-order valence-corrected chi connectivity index (χ0v) is 12.3. The fraction of sp³-hybridized carbons (Fsp3) is 0.571. The molecule has 1 unspecified atom stereocenters. The van der Waals surface area contributed by atoms with Crippen LogP contribution in [0.3, 0.4) is 0 Å². The summed E-state index contributed by atoms with van der Waals surface area (Å²) in [6.45, 7) is 4.42. The molecule has 4 nitrogen and oxygen atoms in total. The highest BCUT2D eigenvalue weighted by atomic mass is 35.5. The van der Waals surface area contributed by atoms with Crippen LogP contribution in [0.4, 0.5) is 5.95 Å². The maximum Gasteiger partial charge on any atom is 0.243 e. The van der Waals surface area contributed by atoms with Crippen LogP contribution in [0.5, 0.6) is 0 Å². The molecule has 0 saturated carbocycles. The molecule has 0 bridgehead atoms. The lowest BCUT2D eigenvalue weighted by atomic mass is 10.1. The first-order valence-corrected chi connectivity index (χ1v) is 7.39. The first-order chi connectivity index (χ1) is 9.22. The second-order valence-corrected chi connectivity index (χ2v) is 5.29. The Morgan fingerprint density at radius 2 is 2.11 bits per heavy atom. The van der Waals surface area contributed by atoms with Gasteiger partial charge in [-0.1, -0.05) is 44.7 Å². The molecule has 0 spiro atoms. The number of hydrogen-bond donors (Lipinski definition) is 1. The maximum atomic E-state index is 5.94. The molecule has 0 aliphatic carbocycles. The molecule has 2 heterocycles. The Bertz CT molecular complexity index is 523. The summed E-state index contributed by atoms with van der Waals surface area (Å²) in [5.41, 5.74) is 0.817. The Labute approximate surface area is 119 Å². The van der Waals surface area contributed by atoms with E-state index in [4.69, 9.17) is 11.6 Å². The van der Waals surface area contributed by atoms with E-state index in [9.17, 15) is 0 Å². The lowest BCUT2D eigenvalue weighted by Crippen LogP contribution is -2.20. The molecule has 19 heavy (non-hydrogen) atoms. The first kappa shape index (κ1) is 14.1. The molecule has 0 radical (unpaired) electrons. The SMILES string of the molecule is CCCCC(CCC)Nc1nc2ccc(Cl)cn2n1. The molecule has 1 atom stereocenters. The molecule has 2 rings (SSSR count). The molecule has 0 aromatic carbocycles. The van der Waals surface area contributed by atoms with Gasteiger partial charge in [-0.15, -0.1) is 5.10 Å². The second-order valence-electron chi connectivity index (χ2n) is 4.86. The van der Waals surface area contributed by atoms with E-state index in [-0.39, 0.29) is 0 Å². The minimum Gasteiger partial charge on any atom is -0.350 e. The van der Waals surface area contributed by atoms with Gasteiger partial charge in [0.1, 0.15) is 0 Å². The lowest BCUT2D eigenvalue weighted by molar-refractivity contribution is 0.561. The molecular weight excluding hydrogens is 260 g/mol. The molecule has 2 aromatic rings.